The van der Waals surface area contributed by atoms with Crippen LogP contribution in [0.3, 0.4) is 0 Å². The van der Waals surface area contributed by atoms with Crippen molar-refractivity contribution in [2.75, 3.05) is 20.2 Å². The van der Waals surface area contributed by atoms with E-state index < -0.39 is 0 Å². The van der Waals surface area contributed by atoms with Crippen LogP contribution in [0.2, 0.25) is 0 Å². The molecule has 0 saturated carbocycles. The molecule has 25 heavy (non-hydrogen) atoms. The molecule has 0 bridgehead atoms. The van der Waals surface area contributed by atoms with Crippen LogP contribution >= 0.6 is 0 Å². The number of hydrogen-bond donors (Lipinski definition) is 2. The predicted molar refractivity (Wildman–Crippen MR) is 99.8 cm³/mol. The molecule has 0 aromatic heterocycles. The highest BCUT2D eigenvalue weighted by molar-refractivity contribution is 5.88. The molecule has 2 rings (SSSR count). The van der Waals surface area contributed by atoms with Gasteiger partial charge in [0.15, 0.2) is 0 Å². The summed E-state index contributed by atoms with van der Waals surface area (Å²) in [6.07, 6.45) is 1.32. The van der Waals surface area contributed by atoms with Crippen LogP contribution in [0.15, 0.2) is 36.4 Å². The third-order valence-corrected chi connectivity index (χ3v) is 4.18. The molecular formula is C20H26N2O3. The molecule has 0 radical (unpaired) electrons. The lowest BCUT2D eigenvalue weighted by atomic mass is 9.93. The van der Waals surface area contributed by atoms with Gasteiger partial charge in [-0.2, -0.15) is 0 Å². The number of fused-ring (bicyclic) bond motifs is 1. The van der Waals surface area contributed by atoms with E-state index in [0.717, 1.165) is 28.5 Å². The monoisotopic (exact) mass is 342 g/mol. The van der Waals surface area contributed by atoms with Crippen molar-refractivity contribution in [1.29, 1.82) is 0 Å². The minimum Gasteiger partial charge on any atom is -0.497 e. The summed E-state index contributed by atoms with van der Waals surface area (Å²) < 4.78 is 5.35. The fourth-order valence-electron chi connectivity index (χ4n) is 2.87. The number of ether oxygens (including phenoxy) is 1. The second-order valence-corrected chi connectivity index (χ2v) is 6.12. The van der Waals surface area contributed by atoms with Gasteiger partial charge in [-0.3, -0.25) is 9.59 Å². The molecule has 0 saturated heterocycles. The van der Waals surface area contributed by atoms with Gasteiger partial charge in [-0.1, -0.05) is 31.2 Å². The molecule has 2 amide bonds. The van der Waals surface area contributed by atoms with Crippen LogP contribution in [-0.2, 0) is 9.59 Å². The zero-order valence-corrected chi connectivity index (χ0v) is 15.1. The zero-order valence-electron chi connectivity index (χ0n) is 15.1. The van der Waals surface area contributed by atoms with E-state index in [4.69, 9.17) is 4.74 Å². The highest BCUT2D eigenvalue weighted by atomic mass is 16.5. The summed E-state index contributed by atoms with van der Waals surface area (Å²) >= 11 is 0. The summed E-state index contributed by atoms with van der Waals surface area (Å²) in [5.41, 5.74) is 1.09. The summed E-state index contributed by atoms with van der Waals surface area (Å²) in [5, 5.41) is 8.02. The van der Waals surface area contributed by atoms with E-state index in [1.54, 1.807) is 7.11 Å². The van der Waals surface area contributed by atoms with E-state index in [1.807, 2.05) is 43.3 Å². The average molecular weight is 342 g/mol. The van der Waals surface area contributed by atoms with Crippen molar-refractivity contribution < 1.29 is 14.3 Å². The number of methoxy groups -OCH3 is 1. The van der Waals surface area contributed by atoms with E-state index >= 15 is 0 Å². The van der Waals surface area contributed by atoms with Crippen molar-refractivity contribution in [2.24, 2.45) is 0 Å². The molecule has 0 fully saturated rings. The summed E-state index contributed by atoms with van der Waals surface area (Å²) in [6.45, 7) is 4.43. The smallest absolute Gasteiger partial charge is 0.220 e. The molecule has 2 aromatic carbocycles. The minimum atomic E-state index is -0.0808. The molecule has 134 valence electrons. The third kappa shape index (κ3) is 5.21. The Hall–Kier alpha value is -2.56. The third-order valence-electron chi connectivity index (χ3n) is 4.18. The van der Waals surface area contributed by atoms with Gasteiger partial charge in [0.25, 0.3) is 0 Å². The Morgan fingerprint density at radius 3 is 2.56 bits per heavy atom. The van der Waals surface area contributed by atoms with Gasteiger partial charge in [0.05, 0.1) is 7.11 Å². The second-order valence-electron chi connectivity index (χ2n) is 6.12. The molecule has 0 aliphatic carbocycles. The van der Waals surface area contributed by atoms with Gasteiger partial charge in [0.1, 0.15) is 5.75 Å². The largest absolute Gasteiger partial charge is 0.497 e. The van der Waals surface area contributed by atoms with Gasteiger partial charge < -0.3 is 15.4 Å². The van der Waals surface area contributed by atoms with E-state index in [9.17, 15) is 9.59 Å². The van der Waals surface area contributed by atoms with Gasteiger partial charge in [-0.25, -0.2) is 0 Å². The Bertz CT molecular complexity index is 743. The maximum absolute atomic E-state index is 11.9. The second kappa shape index (κ2) is 9.06. The summed E-state index contributed by atoms with van der Waals surface area (Å²) in [6, 6.07) is 12.0. The molecular weight excluding hydrogens is 316 g/mol. The number of carbonyl (C=O) groups excluding carboxylic acids is 2. The Kier molecular flexibility index (Phi) is 6.81. The average Bonchev–Trinajstić information content (AvgIpc) is 2.61. The van der Waals surface area contributed by atoms with Gasteiger partial charge in [-0.15, -0.1) is 0 Å². The summed E-state index contributed by atoms with van der Waals surface area (Å²) in [7, 11) is 1.64. The van der Waals surface area contributed by atoms with Crippen LogP contribution in [0.4, 0.5) is 0 Å². The van der Waals surface area contributed by atoms with Crippen LogP contribution in [0, 0.1) is 0 Å². The van der Waals surface area contributed by atoms with Gasteiger partial charge in [0, 0.05) is 32.4 Å². The Morgan fingerprint density at radius 2 is 1.88 bits per heavy atom. The maximum Gasteiger partial charge on any atom is 0.220 e. The van der Waals surface area contributed by atoms with Gasteiger partial charge in [-0.05, 0) is 34.9 Å². The number of amides is 2. The zero-order chi connectivity index (χ0) is 18.2. The number of hydrogen-bond acceptors (Lipinski definition) is 3. The number of nitrogens with one attached hydrogen (secondary N) is 2. The lowest BCUT2D eigenvalue weighted by Crippen LogP contribution is -2.34. The van der Waals surface area contributed by atoms with Crippen LogP contribution in [0.1, 0.15) is 38.2 Å². The van der Waals surface area contributed by atoms with Crippen molar-refractivity contribution in [3.8, 4) is 5.75 Å². The highest BCUT2D eigenvalue weighted by Gasteiger charge is 2.16. The lowest BCUT2D eigenvalue weighted by Gasteiger charge is -2.20. The first-order chi connectivity index (χ1) is 12.0. The van der Waals surface area contributed by atoms with E-state index in [2.05, 4.69) is 10.6 Å². The molecule has 1 atom stereocenters. The molecule has 0 heterocycles. The number of benzene rings is 2. The molecule has 0 aliphatic heterocycles. The molecule has 5 nitrogen and oxygen atoms in total. The summed E-state index contributed by atoms with van der Waals surface area (Å²) in [4.78, 5) is 23.2. The molecule has 2 N–H and O–H groups in total. The molecule has 5 heteroatoms. The van der Waals surface area contributed by atoms with Gasteiger partial charge >= 0.3 is 0 Å². The van der Waals surface area contributed by atoms with Crippen molar-refractivity contribution in [3.05, 3.63) is 42.0 Å². The maximum atomic E-state index is 11.9. The molecule has 2 aromatic rings. The van der Waals surface area contributed by atoms with E-state index in [1.165, 1.54) is 6.92 Å². The Morgan fingerprint density at radius 1 is 1.12 bits per heavy atom. The number of carbonyl (C=O) groups is 2. The lowest BCUT2D eigenvalue weighted by molar-refractivity contribution is -0.121. The van der Waals surface area contributed by atoms with Crippen molar-refractivity contribution in [2.45, 2.75) is 32.6 Å². The quantitative estimate of drug-likeness (QED) is 0.775. The van der Waals surface area contributed by atoms with Crippen molar-refractivity contribution in [3.63, 3.8) is 0 Å². The SMILES string of the molecule is CCCC(=O)NCC(CNC(C)=O)c1cccc2ccc(OC)cc12. The van der Waals surface area contributed by atoms with Gasteiger partial charge in [0.2, 0.25) is 11.8 Å². The van der Waals surface area contributed by atoms with Crippen molar-refractivity contribution >= 4 is 22.6 Å². The van der Waals surface area contributed by atoms with Crippen LogP contribution in [0.5, 0.6) is 5.75 Å². The Labute approximate surface area is 148 Å². The Balaban J connectivity index is 2.32. The fourth-order valence-corrected chi connectivity index (χ4v) is 2.87. The standard InChI is InChI=1S/C20H26N2O3/c1-4-6-20(24)22-13-16(12-21-14(2)23)18-8-5-7-15-9-10-17(25-3)11-19(15)18/h5,7-11,16H,4,6,12-13H2,1-3H3,(H,21,23)(H,22,24). The van der Waals surface area contributed by atoms with Crippen LogP contribution < -0.4 is 15.4 Å². The van der Waals surface area contributed by atoms with Crippen molar-refractivity contribution in [1.82, 2.24) is 10.6 Å². The van der Waals surface area contributed by atoms with Crippen LogP contribution in [-0.4, -0.2) is 32.0 Å². The van der Waals surface area contributed by atoms with E-state index in [-0.39, 0.29) is 17.7 Å². The van der Waals surface area contributed by atoms with Crippen LogP contribution in [0.25, 0.3) is 10.8 Å². The highest BCUT2D eigenvalue weighted by Crippen LogP contribution is 2.28. The fraction of sp³-hybridized carbons (Fsp3) is 0.400. The van der Waals surface area contributed by atoms with E-state index in [0.29, 0.717) is 19.5 Å². The molecule has 1 unspecified atom stereocenters. The first-order valence-electron chi connectivity index (χ1n) is 8.63. The number of rotatable bonds is 8. The first kappa shape index (κ1) is 18.8. The summed E-state index contributed by atoms with van der Waals surface area (Å²) in [5.74, 6) is 0.726. The molecule has 0 spiro atoms. The first-order valence-corrected chi connectivity index (χ1v) is 8.63. The predicted octanol–water partition coefficient (Wildman–Crippen LogP) is 2.98. The minimum absolute atomic E-state index is 0.0134. The normalized spacial score (nSPS) is 11.8. The molecule has 0 aliphatic rings. The topological polar surface area (TPSA) is 67.4 Å².